The molecule has 0 aliphatic rings. The molecule has 5 heteroatoms. The topological polar surface area (TPSA) is 58.6 Å². The molecular formula is C29H30ClNO3. The second-order valence-electron chi connectivity index (χ2n) is 8.48. The van der Waals surface area contributed by atoms with Gasteiger partial charge in [0.2, 0.25) is 0 Å². The van der Waals surface area contributed by atoms with Crippen LogP contribution < -0.4 is 10.1 Å². The molecule has 0 aliphatic heterocycles. The average molecular weight is 476 g/mol. The smallest absolute Gasteiger partial charge is 0.336 e. The molecule has 0 aromatic heterocycles. The van der Waals surface area contributed by atoms with E-state index in [1.807, 2.05) is 56.3 Å². The summed E-state index contributed by atoms with van der Waals surface area (Å²) in [6, 6.07) is 24.8. The van der Waals surface area contributed by atoms with Crippen LogP contribution in [-0.2, 0) is 6.54 Å². The van der Waals surface area contributed by atoms with Crippen molar-refractivity contribution in [2.45, 2.75) is 33.4 Å². The number of nitrogens with one attached hydrogen (secondary N) is 1. The summed E-state index contributed by atoms with van der Waals surface area (Å²) in [5.41, 5.74) is 6.27. The van der Waals surface area contributed by atoms with Crippen LogP contribution in [0.4, 0.5) is 0 Å². The first kappa shape index (κ1) is 25.3. The number of halogens is 1. The first-order chi connectivity index (χ1) is 15.9. The third-order valence-electron chi connectivity index (χ3n) is 6.31. The predicted molar refractivity (Wildman–Crippen MR) is 141 cm³/mol. The van der Waals surface area contributed by atoms with Gasteiger partial charge in [0, 0.05) is 12.6 Å². The maximum Gasteiger partial charge on any atom is 0.336 e. The summed E-state index contributed by atoms with van der Waals surface area (Å²) in [7, 11) is 1.68. The molecule has 0 fully saturated rings. The van der Waals surface area contributed by atoms with Gasteiger partial charge in [-0.1, -0.05) is 48.5 Å². The van der Waals surface area contributed by atoms with Crippen molar-refractivity contribution in [1.29, 1.82) is 0 Å². The maximum absolute atomic E-state index is 11.9. The second-order valence-corrected chi connectivity index (χ2v) is 8.48. The Morgan fingerprint density at radius 3 is 2.47 bits per heavy atom. The molecule has 0 heterocycles. The van der Waals surface area contributed by atoms with E-state index in [-0.39, 0.29) is 18.4 Å². The summed E-state index contributed by atoms with van der Waals surface area (Å²) in [5.74, 6) is -0.0423. The van der Waals surface area contributed by atoms with E-state index in [0.717, 1.165) is 49.9 Å². The van der Waals surface area contributed by atoms with E-state index >= 15 is 0 Å². The van der Waals surface area contributed by atoms with Crippen LogP contribution in [-0.4, -0.2) is 18.2 Å². The zero-order chi connectivity index (χ0) is 23.5. The number of carboxylic acids is 1. The quantitative estimate of drug-likeness (QED) is 0.299. The molecule has 0 saturated carbocycles. The normalized spacial score (nSPS) is 11.6. The second kappa shape index (κ2) is 10.7. The Bertz CT molecular complexity index is 1330. The molecule has 0 unspecified atom stereocenters. The van der Waals surface area contributed by atoms with Crippen molar-refractivity contribution in [2.75, 3.05) is 7.11 Å². The van der Waals surface area contributed by atoms with Gasteiger partial charge >= 0.3 is 5.97 Å². The van der Waals surface area contributed by atoms with Crippen LogP contribution in [0.3, 0.4) is 0 Å². The van der Waals surface area contributed by atoms with Gasteiger partial charge < -0.3 is 15.2 Å². The number of carbonyl (C=O) groups is 1. The Hall–Kier alpha value is -3.34. The van der Waals surface area contributed by atoms with Gasteiger partial charge in [-0.3, -0.25) is 0 Å². The highest BCUT2D eigenvalue weighted by Crippen LogP contribution is 2.34. The Morgan fingerprint density at radius 1 is 0.971 bits per heavy atom. The molecule has 4 rings (SSSR count). The van der Waals surface area contributed by atoms with Gasteiger partial charge in [0.15, 0.2) is 0 Å². The molecule has 4 aromatic rings. The van der Waals surface area contributed by atoms with Crippen molar-refractivity contribution in [3.63, 3.8) is 0 Å². The number of hydrogen-bond acceptors (Lipinski definition) is 3. The zero-order valence-electron chi connectivity index (χ0n) is 19.9. The number of carboxylic acid groups (broad SMARTS) is 1. The highest BCUT2D eigenvalue weighted by atomic mass is 35.5. The molecule has 34 heavy (non-hydrogen) atoms. The number of ether oxygens (including phenoxy) is 1. The highest BCUT2D eigenvalue weighted by molar-refractivity contribution is 6.00. The number of aromatic carboxylic acids is 1. The fourth-order valence-electron chi connectivity index (χ4n) is 4.47. The molecule has 176 valence electrons. The molecular weight excluding hydrogens is 446 g/mol. The fraction of sp³-hybridized carbons (Fsp3) is 0.207. The van der Waals surface area contributed by atoms with Crippen molar-refractivity contribution in [3.05, 3.63) is 101 Å². The van der Waals surface area contributed by atoms with Gasteiger partial charge in [-0.15, -0.1) is 12.4 Å². The first-order valence-electron chi connectivity index (χ1n) is 11.1. The molecule has 0 radical (unpaired) electrons. The predicted octanol–water partition coefficient (Wildman–Crippen LogP) is 7.10. The average Bonchev–Trinajstić information content (AvgIpc) is 2.82. The van der Waals surface area contributed by atoms with Crippen molar-refractivity contribution in [3.8, 4) is 16.9 Å². The Kier molecular flexibility index (Phi) is 7.98. The van der Waals surface area contributed by atoms with Gasteiger partial charge in [-0.25, -0.2) is 4.79 Å². The van der Waals surface area contributed by atoms with E-state index in [1.165, 1.54) is 0 Å². The van der Waals surface area contributed by atoms with Crippen molar-refractivity contribution >= 4 is 29.1 Å². The molecule has 0 bridgehead atoms. The van der Waals surface area contributed by atoms with Crippen LogP contribution in [0.15, 0.2) is 72.8 Å². The van der Waals surface area contributed by atoms with Crippen LogP contribution in [0.5, 0.6) is 5.75 Å². The first-order valence-corrected chi connectivity index (χ1v) is 11.1. The van der Waals surface area contributed by atoms with Gasteiger partial charge in [0.05, 0.1) is 12.7 Å². The number of fused-ring (bicyclic) bond motifs is 1. The molecule has 4 aromatic carbocycles. The lowest BCUT2D eigenvalue weighted by atomic mass is 9.89. The highest BCUT2D eigenvalue weighted by Gasteiger charge is 2.17. The van der Waals surface area contributed by atoms with E-state index in [0.29, 0.717) is 12.1 Å². The van der Waals surface area contributed by atoms with Crippen LogP contribution in [0.25, 0.3) is 21.9 Å². The Balaban J connectivity index is 0.00000324. The van der Waals surface area contributed by atoms with Crippen LogP contribution in [0.2, 0.25) is 0 Å². The van der Waals surface area contributed by atoms with Crippen molar-refractivity contribution in [2.24, 2.45) is 0 Å². The van der Waals surface area contributed by atoms with E-state index in [2.05, 4.69) is 42.6 Å². The lowest BCUT2D eigenvalue weighted by Crippen LogP contribution is -2.18. The molecule has 0 aliphatic carbocycles. The van der Waals surface area contributed by atoms with Gasteiger partial charge in [-0.05, 0) is 89.2 Å². The molecule has 1 atom stereocenters. The monoisotopic (exact) mass is 475 g/mol. The van der Waals surface area contributed by atoms with E-state index in [4.69, 9.17) is 4.74 Å². The lowest BCUT2D eigenvalue weighted by molar-refractivity contribution is 0.0695. The van der Waals surface area contributed by atoms with Gasteiger partial charge in [-0.2, -0.15) is 0 Å². The summed E-state index contributed by atoms with van der Waals surface area (Å²) in [6.07, 6.45) is 0. The maximum atomic E-state index is 11.9. The summed E-state index contributed by atoms with van der Waals surface area (Å²) < 4.78 is 5.36. The number of aryl methyl sites for hydroxylation is 1. The summed E-state index contributed by atoms with van der Waals surface area (Å²) in [5, 5.41) is 15.6. The minimum absolute atomic E-state index is 0. The van der Waals surface area contributed by atoms with Gasteiger partial charge in [0.1, 0.15) is 5.75 Å². The van der Waals surface area contributed by atoms with E-state index in [1.54, 1.807) is 7.11 Å². The molecule has 2 N–H and O–H groups in total. The SMILES string of the molecule is COc1cccc([C@@H](C)NCc2cc(-c3ccc(C)c(C(=O)O)c3C)c3ccccc3c2)c1.Cl. The Morgan fingerprint density at radius 2 is 1.74 bits per heavy atom. The van der Waals surface area contributed by atoms with Crippen LogP contribution in [0, 0.1) is 13.8 Å². The lowest BCUT2D eigenvalue weighted by Gasteiger charge is -2.18. The molecule has 0 amide bonds. The van der Waals surface area contributed by atoms with Gasteiger partial charge in [0.25, 0.3) is 0 Å². The molecule has 0 saturated heterocycles. The standard InChI is InChI=1S/C29H29NO3.ClH/c1-18-12-13-25(19(2)28(18)29(31)32)27-15-21(14-23-8-5-6-11-26(23)27)17-30-20(3)22-9-7-10-24(16-22)33-4;/h5-16,20,30H,17H2,1-4H3,(H,31,32);1H/t20-;/m1./s1. The summed E-state index contributed by atoms with van der Waals surface area (Å²) in [6.45, 7) is 6.57. The summed E-state index contributed by atoms with van der Waals surface area (Å²) in [4.78, 5) is 11.9. The van der Waals surface area contributed by atoms with Crippen molar-refractivity contribution < 1.29 is 14.6 Å². The van der Waals surface area contributed by atoms with Crippen LogP contribution in [0.1, 0.15) is 45.6 Å². The Labute approximate surface area is 207 Å². The fourth-order valence-corrected chi connectivity index (χ4v) is 4.47. The number of benzene rings is 4. The number of rotatable bonds is 7. The minimum atomic E-state index is -0.888. The zero-order valence-corrected chi connectivity index (χ0v) is 20.7. The minimum Gasteiger partial charge on any atom is -0.497 e. The summed E-state index contributed by atoms with van der Waals surface area (Å²) >= 11 is 0. The third kappa shape index (κ3) is 5.09. The van der Waals surface area contributed by atoms with Crippen molar-refractivity contribution in [1.82, 2.24) is 5.32 Å². The van der Waals surface area contributed by atoms with E-state index in [9.17, 15) is 9.90 Å². The molecule has 0 spiro atoms. The van der Waals surface area contributed by atoms with Crippen LogP contribution >= 0.6 is 12.4 Å². The largest absolute Gasteiger partial charge is 0.497 e. The molecule has 4 nitrogen and oxygen atoms in total. The number of methoxy groups -OCH3 is 1. The number of hydrogen-bond donors (Lipinski definition) is 2. The van der Waals surface area contributed by atoms with E-state index < -0.39 is 5.97 Å². The third-order valence-corrected chi connectivity index (χ3v) is 6.31.